The summed E-state index contributed by atoms with van der Waals surface area (Å²) in [6.07, 6.45) is 1.43. The zero-order valence-corrected chi connectivity index (χ0v) is 10.2. The first-order chi connectivity index (χ1) is 8.88. The molecule has 0 aliphatic heterocycles. The molecule has 1 aromatic rings. The van der Waals surface area contributed by atoms with Crippen LogP contribution in [0.3, 0.4) is 0 Å². The molecule has 0 saturated carbocycles. The number of hydrogen-bond donors (Lipinski definition) is 4. The minimum atomic E-state index is -1.14. The van der Waals surface area contributed by atoms with E-state index in [1.165, 1.54) is 17.8 Å². The van der Waals surface area contributed by atoms with Crippen LogP contribution in [0.15, 0.2) is 6.20 Å². The lowest BCUT2D eigenvalue weighted by Gasteiger charge is -2.04. The highest BCUT2D eigenvalue weighted by atomic mass is 16.4. The molecule has 0 spiro atoms. The molecule has 0 aliphatic rings. The molecule has 1 heterocycles. The van der Waals surface area contributed by atoms with E-state index >= 15 is 0 Å². The second-order valence-electron chi connectivity index (χ2n) is 3.79. The van der Waals surface area contributed by atoms with Crippen LogP contribution in [0.5, 0.6) is 0 Å². The fourth-order valence-electron chi connectivity index (χ4n) is 1.17. The van der Waals surface area contributed by atoms with Gasteiger partial charge in [0, 0.05) is 19.5 Å². The van der Waals surface area contributed by atoms with Crippen molar-refractivity contribution in [1.29, 1.82) is 0 Å². The molecule has 0 bridgehead atoms. The Bertz CT molecular complexity index is 485. The second-order valence-corrected chi connectivity index (χ2v) is 3.79. The lowest BCUT2D eigenvalue weighted by atomic mass is 10.2. The van der Waals surface area contributed by atoms with Gasteiger partial charge in [0.2, 0.25) is 5.91 Å². The first-order valence-corrected chi connectivity index (χ1v) is 5.31. The topological polar surface area (TPSA) is 152 Å². The monoisotopic (exact) mass is 270 g/mol. The third-order valence-corrected chi connectivity index (χ3v) is 2.02. The molecule has 5 N–H and O–H groups in total. The minimum absolute atomic E-state index is 0.0165. The largest absolute Gasteiger partial charge is 0.480 e. The van der Waals surface area contributed by atoms with E-state index in [4.69, 9.17) is 10.8 Å². The summed E-state index contributed by atoms with van der Waals surface area (Å²) in [5.74, 6) is -2.04. The maximum atomic E-state index is 11.3. The molecule has 1 atom stereocenters. The van der Waals surface area contributed by atoms with Crippen LogP contribution >= 0.6 is 0 Å². The molecule has 10 heteroatoms. The van der Waals surface area contributed by atoms with E-state index < -0.39 is 23.8 Å². The van der Waals surface area contributed by atoms with Crippen molar-refractivity contribution in [2.24, 2.45) is 5.73 Å². The van der Waals surface area contributed by atoms with Gasteiger partial charge < -0.3 is 10.8 Å². The van der Waals surface area contributed by atoms with Gasteiger partial charge in [-0.05, 0) is 0 Å². The lowest BCUT2D eigenvalue weighted by molar-refractivity contribution is -0.138. The smallest absolute Gasteiger partial charge is 0.320 e. The van der Waals surface area contributed by atoms with Crippen LogP contribution < -0.4 is 16.6 Å². The molecule has 2 amide bonds. The van der Waals surface area contributed by atoms with Crippen molar-refractivity contribution < 1.29 is 19.5 Å². The summed E-state index contributed by atoms with van der Waals surface area (Å²) < 4.78 is 1.21. The molecule has 104 valence electrons. The Morgan fingerprint density at radius 2 is 2.16 bits per heavy atom. The summed E-state index contributed by atoms with van der Waals surface area (Å²) >= 11 is 0. The van der Waals surface area contributed by atoms with Crippen molar-refractivity contribution in [2.75, 3.05) is 0 Å². The molecule has 1 rings (SSSR count). The number of nitrogens with two attached hydrogens (primary N) is 1. The molecule has 0 saturated heterocycles. The van der Waals surface area contributed by atoms with E-state index in [0.717, 1.165) is 0 Å². The average molecular weight is 270 g/mol. The van der Waals surface area contributed by atoms with Crippen LogP contribution in [0.1, 0.15) is 12.6 Å². The summed E-state index contributed by atoms with van der Waals surface area (Å²) in [5.41, 5.74) is 9.97. The number of nitrogens with one attached hydrogen (secondary N) is 2. The Labute approximate surface area is 107 Å². The molecule has 0 radical (unpaired) electrons. The van der Waals surface area contributed by atoms with Crippen LogP contribution in [0.25, 0.3) is 0 Å². The zero-order valence-electron chi connectivity index (χ0n) is 10.2. The van der Waals surface area contributed by atoms with E-state index in [2.05, 4.69) is 21.2 Å². The fraction of sp³-hybridized carbons (Fsp3) is 0.444. The van der Waals surface area contributed by atoms with Gasteiger partial charge in [0.15, 0.2) is 0 Å². The predicted octanol–water partition coefficient (Wildman–Crippen LogP) is -2.60. The van der Waals surface area contributed by atoms with Crippen LogP contribution in [0.2, 0.25) is 0 Å². The van der Waals surface area contributed by atoms with Crippen molar-refractivity contribution in [3.05, 3.63) is 11.9 Å². The molecule has 0 fully saturated rings. The number of hydrogen-bond acceptors (Lipinski definition) is 6. The van der Waals surface area contributed by atoms with Gasteiger partial charge in [-0.1, -0.05) is 5.21 Å². The summed E-state index contributed by atoms with van der Waals surface area (Å²) in [7, 11) is 0. The van der Waals surface area contributed by atoms with Gasteiger partial charge >= 0.3 is 5.97 Å². The molecule has 19 heavy (non-hydrogen) atoms. The third kappa shape index (κ3) is 5.12. The first-order valence-electron chi connectivity index (χ1n) is 5.31. The molecular weight excluding hydrogens is 256 g/mol. The summed E-state index contributed by atoms with van der Waals surface area (Å²) in [6, 6.07) is -1.07. The number of carboxylic acid groups (broad SMARTS) is 1. The summed E-state index contributed by atoms with van der Waals surface area (Å²) in [5, 5.41) is 16.0. The van der Waals surface area contributed by atoms with Crippen molar-refractivity contribution in [3.63, 3.8) is 0 Å². The van der Waals surface area contributed by atoms with Crippen molar-refractivity contribution in [2.45, 2.75) is 25.9 Å². The molecule has 0 aromatic carbocycles. The summed E-state index contributed by atoms with van der Waals surface area (Å²) in [4.78, 5) is 32.4. The Morgan fingerprint density at radius 1 is 1.47 bits per heavy atom. The highest BCUT2D eigenvalue weighted by Gasteiger charge is 2.15. The highest BCUT2D eigenvalue weighted by molar-refractivity contribution is 5.80. The number of carbonyl (C=O) groups is 3. The Kier molecular flexibility index (Phi) is 4.94. The van der Waals surface area contributed by atoms with Crippen molar-refractivity contribution >= 4 is 17.8 Å². The first kappa shape index (κ1) is 14.6. The molecule has 1 unspecified atom stereocenters. The lowest BCUT2D eigenvalue weighted by Crippen LogP contribution is -2.42. The Balaban J connectivity index is 2.48. The highest BCUT2D eigenvalue weighted by Crippen LogP contribution is 1.97. The van der Waals surface area contributed by atoms with Gasteiger partial charge in [-0.3, -0.25) is 25.2 Å². The fourth-order valence-corrected chi connectivity index (χ4v) is 1.17. The normalized spacial score (nSPS) is 11.7. The molecule has 0 aliphatic carbocycles. The number of carbonyl (C=O) groups excluding carboxylic acids is 2. The van der Waals surface area contributed by atoms with Gasteiger partial charge in [-0.15, -0.1) is 5.10 Å². The van der Waals surface area contributed by atoms with E-state index in [-0.39, 0.29) is 13.0 Å². The van der Waals surface area contributed by atoms with Crippen LogP contribution in [-0.4, -0.2) is 43.9 Å². The summed E-state index contributed by atoms with van der Waals surface area (Å²) in [6.45, 7) is 1.09. The number of aromatic nitrogens is 3. The van der Waals surface area contributed by atoms with Gasteiger partial charge in [-0.25, -0.2) is 4.68 Å². The van der Waals surface area contributed by atoms with E-state index in [1.54, 1.807) is 0 Å². The predicted molar refractivity (Wildman–Crippen MR) is 61.3 cm³/mol. The van der Waals surface area contributed by atoms with Crippen LogP contribution in [-0.2, 0) is 27.3 Å². The quantitative estimate of drug-likeness (QED) is 0.428. The van der Waals surface area contributed by atoms with E-state index in [1.807, 2.05) is 0 Å². The maximum Gasteiger partial charge on any atom is 0.320 e. The molecule has 1 aromatic heterocycles. The number of rotatable bonds is 5. The minimum Gasteiger partial charge on any atom is -0.480 e. The van der Waals surface area contributed by atoms with Crippen LogP contribution in [0, 0.1) is 0 Å². The van der Waals surface area contributed by atoms with Crippen molar-refractivity contribution in [1.82, 2.24) is 25.8 Å². The number of nitrogens with zero attached hydrogens (tertiary/aromatic N) is 3. The van der Waals surface area contributed by atoms with Gasteiger partial charge in [0.25, 0.3) is 5.91 Å². The van der Waals surface area contributed by atoms with Gasteiger partial charge in [0.05, 0.1) is 5.69 Å². The molecular formula is C9H14N6O4. The standard InChI is InChI=1S/C9H14N6O4/c1-5(16)11-13-8(17)4-15-3-6(12-14-15)2-7(10)9(18)19/h3,7H,2,4,10H2,1H3,(H,11,16)(H,13,17)(H,18,19). The maximum absolute atomic E-state index is 11.3. The van der Waals surface area contributed by atoms with E-state index in [9.17, 15) is 14.4 Å². The molecule has 10 nitrogen and oxygen atoms in total. The number of aliphatic carboxylic acids is 1. The zero-order chi connectivity index (χ0) is 14.4. The van der Waals surface area contributed by atoms with E-state index in [0.29, 0.717) is 5.69 Å². The second kappa shape index (κ2) is 6.44. The number of amides is 2. The Morgan fingerprint density at radius 3 is 2.74 bits per heavy atom. The average Bonchev–Trinajstić information content (AvgIpc) is 2.73. The number of carboxylic acids is 1. The Hall–Kier alpha value is -2.49. The SMILES string of the molecule is CC(=O)NNC(=O)Cn1cc(CC(N)C(=O)O)nn1. The van der Waals surface area contributed by atoms with Gasteiger partial charge in [-0.2, -0.15) is 0 Å². The van der Waals surface area contributed by atoms with Crippen molar-refractivity contribution in [3.8, 4) is 0 Å². The van der Waals surface area contributed by atoms with Crippen LogP contribution in [0.4, 0.5) is 0 Å². The third-order valence-electron chi connectivity index (χ3n) is 2.02. The van der Waals surface area contributed by atoms with Gasteiger partial charge in [0.1, 0.15) is 12.6 Å². The number of hydrazine groups is 1.